The van der Waals surface area contributed by atoms with Gasteiger partial charge in [0.2, 0.25) is 0 Å². The quantitative estimate of drug-likeness (QED) is 0.768. The first-order valence-corrected chi connectivity index (χ1v) is 7.51. The lowest BCUT2D eigenvalue weighted by Crippen LogP contribution is -2.18. The smallest absolute Gasteiger partial charge is 0.0702 e. The van der Waals surface area contributed by atoms with Crippen molar-refractivity contribution in [3.05, 3.63) is 77.5 Å². The molecule has 4 rings (SSSR count). The van der Waals surface area contributed by atoms with Crippen LogP contribution >= 0.6 is 0 Å². The van der Waals surface area contributed by atoms with Crippen LogP contribution in [0.5, 0.6) is 0 Å². The van der Waals surface area contributed by atoms with Gasteiger partial charge < -0.3 is 5.73 Å². The van der Waals surface area contributed by atoms with Crippen molar-refractivity contribution in [3.8, 4) is 0 Å². The fourth-order valence-corrected chi connectivity index (χ4v) is 3.50. The lowest BCUT2D eigenvalue weighted by molar-refractivity contribution is 0.551. The molecule has 1 heterocycles. The minimum Gasteiger partial charge on any atom is -0.323 e. The molecule has 1 aliphatic rings. The Morgan fingerprint density at radius 1 is 1.05 bits per heavy atom. The topological polar surface area (TPSA) is 38.9 Å². The number of benzene rings is 2. The molecule has 3 aromatic rings. The first-order valence-electron chi connectivity index (χ1n) is 7.51. The van der Waals surface area contributed by atoms with E-state index >= 15 is 0 Å². The highest BCUT2D eigenvalue weighted by Crippen LogP contribution is 2.40. The molecule has 2 unspecified atom stereocenters. The second-order valence-electron chi connectivity index (χ2n) is 5.83. The van der Waals surface area contributed by atoms with E-state index in [4.69, 9.17) is 5.73 Å². The summed E-state index contributed by atoms with van der Waals surface area (Å²) >= 11 is 0. The molecular formula is C19H18N2. The number of aryl methyl sites for hydroxylation is 1. The maximum Gasteiger partial charge on any atom is 0.0702 e. The van der Waals surface area contributed by atoms with Gasteiger partial charge in [0.25, 0.3) is 0 Å². The predicted molar refractivity (Wildman–Crippen MR) is 86.2 cm³/mol. The van der Waals surface area contributed by atoms with E-state index in [1.165, 1.54) is 16.7 Å². The zero-order valence-electron chi connectivity index (χ0n) is 11.9. The molecule has 0 saturated heterocycles. The molecule has 1 aliphatic carbocycles. The highest BCUT2D eigenvalue weighted by atomic mass is 14.7. The number of hydrogen-bond donors (Lipinski definition) is 1. The molecule has 0 bridgehead atoms. The fourth-order valence-electron chi connectivity index (χ4n) is 3.50. The minimum absolute atomic E-state index is 0.0539. The van der Waals surface area contributed by atoms with Crippen LogP contribution < -0.4 is 5.73 Å². The maximum absolute atomic E-state index is 6.59. The van der Waals surface area contributed by atoms with Gasteiger partial charge in [-0.3, -0.25) is 4.98 Å². The number of nitrogens with two attached hydrogens (primary N) is 1. The van der Waals surface area contributed by atoms with E-state index in [0.717, 1.165) is 23.7 Å². The maximum atomic E-state index is 6.59. The average molecular weight is 274 g/mol. The van der Waals surface area contributed by atoms with E-state index in [0.29, 0.717) is 5.92 Å². The van der Waals surface area contributed by atoms with E-state index in [2.05, 4.69) is 53.5 Å². The third-order valence-electron chi connectivity index (χ3n) is 4.62. The van der Waals surface area contributed by atoms with Crippen molar-refractivity contribution in [2.75, 3.05) is 0 Å². The summed E-state index contributed by atoms with van der Waals surface area (Å²) in [5.74, 6) is 0.426. The lowest BCUT2D eigenvalue weighted by atomic mass is 9.88. The monoisotopic (exact) mass is 274 g/mol. The molecule has 104 valence electrons. The number of nitrogens with zero attached hydrogens (tertiary/aromatic N) is 1. The number of rotatable bonds is 2. The second-order valence-corrected chi connectivity index (χ2v) is 5.83. The van der Waals surface area contributed by atoms with Crippen LogP contribution in [0.3, 0.4) is 0 Å². The van der Waals surface area contributed by atoms with Crippen LogP contribution in [0.1, 0.15) is 35.1 Å². The Labute approximate surface area is 124 Å². The van der Waals surface area contributed by atoms with Gasteiger partial charge in [0.05, 0.1) is 5.52 Å². The molecule has 2 heteroatoms. The van der Waals surface area contributed by atoms with Crippen LogP contribution in [0.15, 0.2) is 60.8 Å². The van der Waals surface area contributed by atoms with Crippen molar-refractivity contribution in [2.24, 2.45) is 5.73 Å². The fraction of sp³-hybridized carbons (Fsp3) is 0.211. The molecule has 0 amide bonds. The SMILES string of the molecule is NC(c1ccc2ncccc2c1)C1CCc2ccccc21. The third kappa shape index (κ3) is 2.12. The molecule has 1 aromatic heterocycles. The number of fused-ring (bicyclic) bond motifs is 2. The highest BCUT2D eigenvalue weighted by Gasteiger charge is 2.28. The summed E-state index contributed by atoms with van der Waals surface area (Å²) in [5.41, 5.74) is 11.7. The van der Waals surface area contributed by atoms with E-state index in [9.17, 15) is 0 Å². The first kappa shape index (κ1) is 12.5. The van der Waals surface area contributed by atoms with Crippen LogP contribution in [0.4, 0.5) is 0 Å². The average Bonchev–Trinajstić information content (AvgIpc) is 2.98. The van der Waals surface area contributed by atoms with E-state index < -0.39 is 0 Å². The molecule has 0 radical (unpaired) electrons. The molecule has 2 N–H and O–H groups in total. The van der Waals surface area contributed by atoms with Gasteiger partial charge in [-0.25, -0.2) is 0 Å². The second kappa shape index (κ2) is 4.97. The molecule has 2 atom stereocenters. The molecule has 2 aromatic carbocycles. The number of pyridine rings is 1. The zero-order chi connectivity index (χ0) is 14.2. The van der Waals surface area contributed by atoms with Crippen molar-refractivity contribution in [2.45, 2.75) is 24.8 Å². The van der Waals surface area contributed by atoms with Crippen LogP contribution in [0.2, 0.25) is 0 Å². The van der Waals surface area contributed by atoms with Crippen molar-refractivity contribution >= 4 is 10.9 Å². The molecule has 0 spiro atoms. The Morgan fingerprint density at radius 3 is 2.90 bits per heavy atom. The Hall–Kier alpha value is -2.19. The summed E-state index contributed by atoms with van der Waals surface area (Å²) in [4.78, 5) is 4.37. The van der Waals surface area contributed by atoms with Gasteiger partial charge in [0.1, 0.15) is 0 Å². The Bertz CT molecular complexity index is 794. The largest absolute Gasteiger partial charge is 0.323 e. The number of aromatic nitrogens is 1. The van der Waals surface area contributed by atoms with Crippen LogP contribution in [-0.4, -0.2) is 4.98 Å². The van der Waals surface area contributed by atoms with Crippen molar-refractivity contribution in [3.63, 3.8) is 0 Å². The van der Waals surface area contributed by atoms with Crippen molar-refractivity contribution < 1.29 is 0 Å². The zero-order valence-corrected chi connectivity index (χ0v) is 11.9. The van der Waals surface area contributed by atoms with Crippen LogP contribution in [0, 0.1) is 0 Å². The van der Waals surface area contributed by atoms with Crippen LogP contribution in [0.25, 0.3) is 10.9 Å². The van der Waals surface area contributed by atoms with E-state index in [1.807, 2.05) is 12.3 Å². The summed E-state index contributed by atoms with van der Waals surface area (Å²) in [6.07, 6.45) is 4.12. The summed E-state index contributed by atoms with van der Waals surface area (Å²) in [6, 6.07) is 19.2. The van der Waals surface area contributed by atoms with Gasteiger partial charge in [0, 0.05) is 23.5 Å². The van der Waals surface area contributed by atoms with Crippen molar-refractivity contribution in [1.82, 2.24) is 4.98 Å². The number of hydrogen-bond acceptors (Lipinski definition) is 2. The molecule has 0 aliphatic heterocycles. The van der Waals surface area contributed by atoms with Gasteiger partial charge >= 0.3 is 0 Å². The summed E-state index contributed by atoms with van der Waals surface area (Å²) < 4.78 is 0. The molecule has 0 fully saturated rings. The van der Waals surface area contributed by atoms with Gasteiger partial charge in [-0.05, 0) is 47.7 Å². The minimum atomic E-state index is 0.0539. The van der Waals surface area contributed by atoms with Gasteiger partial charge in [-0.15, -0.1) is 0 Å². The Kier molecular flexibility index (Phi) is 2.97. The van der Waals surface area contributed by atoms with Gasteiger partial charge in [0.15, 0.2) is 0 Å². The highest BCUT2D eigenvalue weighted by molar-refractivity contribution is 5.79. The van der Waals surface area contributed by atoms with E-state index in [-0.39, 0.29) is 6.04 Å². The Balaban J connectivity index is 1.72. The molecular weight excluding hydrogens is 256 g/mol. The normalized spacial score (nSPS) is 18.6. The predicted octanol–water partition coefficient (Wildman–Crippen LogP) is 3.96. The van der Waals surface area contributed by atoms with Gasteiger partial charge in [-0.1, -0.05) is 36.4 Å². The third-order valence-corrected chi connectivity index (χ3v) is 4.62. The molecule has 21 heavy (non-hydrogen) atoms. The summed E-state index contributed by atoms with van der Waals surface area (Å²) in [7, 11) is 0. The summed E-state index contributed by atoms with van der Waals surface area (Å²) in [6.45, 7) is 0. The molecule has 0 saturated carbocycles. The van der Waals surface area contributed by atoms with Gasteiger partial charge in [-0.2, -0.15) is 0 Å². The Morgan fingerprint density at radius 2 is 1.95 bits per heavy atom. The first-order chi connectivity index (χ1) is 10.3. The standard InChI is InChI=1S/C19H18N2/c20-19(17-9-7-13-4-1-2-6-16(13)17)15-8-10-18-14(12-15)5-3-11-21-18/h1-6,8,10-12,17,19H,7,9,20H2. The summed E-state index contributed by atoms with van der Waals surface area (Å²) in [5, 5.41) is 1.16. The van der Waals surface area contributed by atoms with Crippen LogP contribution in [-0.2, 0) is 6.42 Å². The molecule has 2 nitrogen and oxygen atoms in total. The van der Waals surface area contributed by atoms with Crippen molar-refractivity contribution in [1.29, 1.82) is 0 Å². The lowest BCUT2D eigenvalue weighted by Gasteiger charge is -2.21. The van der Waals surface area contributed by atoms with E-state index in [1.54, 1.807) is 0 Å².